The Bertz CT molecular complexity index is 641. The lowest BCUT2D eigenvalue weighted by molar-refractivity contribution is 0.247. The molecule has 1 unspecified atom stereocenters. The van der Waals surface area contributed by atoms with E-state index in [0.29, 0.717) is 17.5 Å². The first-order valence-corrected chi connectivity index (χ1v) is 7.39. The molecule has 1 aromatic heterocycles. The van der Waals surface area contributed by atoms with Gasteiger partial charge in [-0.05, 0) is 36.5 Å². The van der Waals surface area contributed by atoms with Crippen LogP contribution in [0.25, 0.3) is 0 Å². The third-order valence-electron chi connectivity index (χ3n) is 3.75. The van der Waals surface area contributed by atoms with Gasteiger partial charge in [-0.2, -0.15) is 0 Å². The topological polar surface area (TPSA) is 63.2 Å². The Morgan fingerprint density at radius 2 is 2.00 bits per heavy atom. The van der Waals surface area contributed by atoms with E-state index in [1.54, 1.807) is 18.3 Å². The highest BCUT2D eigenvalue weighted by Crippen LogP contribution is 2.41. The SMILES string of the molecule is COc1ncccc1NC(=O)NC(c1ccccc1)C1CC1. The first-order valence-electron chi connectivity index (χ1n) is 7.39. The van der Waals surface area contributed by atoms with Gasteiger partial charge < -0.3 is 15.4 Å². The Hall–Kier alpha value is -2.56. The average molecular weight is 297 g/mol. The maximum Gasteiger partial charge on any atom is 0.319 e. The van der Waals surface area contributed by atoms with Crippen molar-refractivity contribution in [3.63, 3.8) is 0 Å². The normalized spacial score (nSPS) is 15.0. The number of hydrogen-bond acceptors (Lipinski definition) is 3. The zero-order chi connectivity index (χ0) is 15.4. The van der Waals surface area contributed by atoms with E-state index in [1.807, 2.05) is 30.3 Å². The van der Waals surface area contributed by atoms with Gasteiger partial charge in [0.15, 0.2) is 0 Å². The van der Waals surface area contributed by atoms with Crippen LogP contribution >= 0.6 is 0 Å². The second kappa shape index (κ2) is 6.47. The number of methoxy groups -OCH3 is 1. The highest BCUT2D eigenvalue weighted by molar-refractivity contribution is 5.90. The molecule has 5 nitrogen and oxygen atoms in total. The number of pyridine rings is 1. The third-order valence-corrected chi connectivity index (χ3v) is 3.75. The fourth-order valence-corrected chi connectivity index (χ4v) is 2.51. The second-order valence-corrected chi connectivity index (χ2v) is 5.38. The van der Waals surface area contributed by atoms with Crippen LogP contribution in [0, 0.1) is 5.92 Å². The molecule has 0 saturated heterocycles. The molecule has 2 amide bonds. The average Bonchev–Trinajstić information content (AvgIpc) is 3.39. The Labute approximate surface area is 129 Å². The van der Waals surface area contributed by atoms with Gasteiger partial charge in [-0.25, -0.2) is 9.78 Å². The number of carbonyl (C=O) groups excluding carboxylic acids is 1. The quantitative estimate of drug-likeness (QED) is 0.889. The van der Waals surface area contributed by atoms with Gasteiger partial charge in [0.2, 0.25) is 5.88 Å². The van der Waals surface area contributed by atoms with Crippen molar-refractivity contribution in [2.45, 2.75) is 18.9 Å². The lowest BCUT2D eigenvalue weighted by atomic mass is 10.0. The summed E-state index contributed by atoms with van der Waals surface area (Å²) in [6.45, 7) is 0. The highest BCUT2D eigenvalue weighted by Gasteiger charge is 2.33. The minimum absolute atomic E-state index is 0.0452. The maximum atomic E-state index is 12.3. The number of carbonyl (C=O) groups is 1. The predicted octanol–water partition coefficient (Wildman–Crippen LogP) is 3.36. The zero-order valence-electron chi connectivity index (χ0n) is 12.5. The number of aromatic nitrogens is 1. The van der Waals surface area contributed by atoms with Crippen LogP contribution in [-0.2, 0) is 0 Å². The van der Waals surface area contributed by atoms with E-state index in [2.05, 4.69) is 15.6 Å². The first-order chi connectivity index (χ1) is 10.8. The molecule has 3 rings (SSSR count). The van der Waals surface area contributed by atoms with Gasteiger partial charge in [0.1, 0.15) is 5.69 Å². The number of hydrogen-bond donors (Lipinski definition) is 2. The van der Waals surface area contributed by atoms with Crippen molar-refractivity contribution in [2.75, 3.05) is 12.4 Å². The lowest BCUT2D eigenvalue weighted by Crippen LogP contribution is -2.33. The molecule has 1 aliphatic carbocycles. The highest BCUT2D eigenvalue weighted by atomic mass is 16.5. The Morgan fingerprint density at radius 1 is 1.23 bits per heavy atom. The monoisotopic (exact) mass is 297 g/mol. The van der Waals surface area contributed by atoms with Crippen molar-refractivity contribution in [1.29, 1.82) is 0 Å². The summed E-state index contributed by atoms with van der Waals surface area (Å²) in [4.78, 5) is 16.4. The van der Waals surface area contributed by atoms with Crippen molar-refractivity contribution < 1.29 is 9.53 Å². The van der Waals surface area contributed by atoms with Gasteiger partial charge in [-0.1, -0.05) is 30.3 Å². The number of anilines is 1. The Kier molecular flexibility index (Phi) is 4.23. The standard InChI is InChI=1S/C17H19N3O2/c1-22-16-14(8-5-11-18-16)19-17(21)20-15(13-9-10-13)12-6-3-2-4-7-12/h2-8,11,13,15H,9-10H2,1H3,(H2,19,20,21). The second-order valence-electron chi connectivity index (χ2n) is 5.38. The molecule has 1 saturated carbocycles. The molecule has 0 bridgehead atoms. The number of ether oxygens (including phenoxy) is 1. The predicted molar refractivity (Wildman–Crippen MR) is 84.9 cm³/mol. The molecule has 1 aromatic carbocycles. The summed E-state index contributed by atoms with van der Waals surface area (Å²) in [7, 11) is 1.53. The summed E-state index contributed by atoms with van der Waals surface area (Å²) >= 11 is 0. The van der Waals surface area contributed by atoms with Crippen molar-refractivity contribution in [1.82, 2.24) is 10.3 Å². The number of amides is 2. The zero-order valence-corrected chi connectivity index (χ0v) is 12.5. The fourth-order valence-electron chi connectivity index (χ4n) is 2.51. The van der Waals surface area contributed by atoms with E-state index in [-0.39, 0.29) is 12.1 Å². The van der Waals surface area contributed by atoms with E-state index in [9.17, 15) is 4.79 Å². The largest absolute Gasteiger partial charge is 0.480 e. The number of urea groups is 1. The minimum Gasteiger partial charge on any atom is -0.480 e. The molecule has 1 fully saturated rings. The lowest BCUT2D eigenvalue weighted by Gasteiger charge is -2.19. The molecule has 114 valence electrons. The first kappa shape index (κ1) is 14.4. The Morgan fingerprint density at radius 3 is 2.68 bits per heavy atom. The van der Waals surface area contributed by atoms with E-state index < -0.39 is 0 Å². The van der Waals surface area contributed by atoms with Crippen LogP contribution in [0.1, 0.15) is 24.4 Å². The van der Waals surface area contributed by atoms with Crippen molar-refractivity contribution in [3.05, 3.63) is 54.2 Å². The van der Waals surface area contributed by atoms with Crippen LogP contribution in [-0.4, -0.2) is 18.1 Å². The van der Waals surface area contributed by atoms with Crippen LogP contribution < -0.4 is 15.4 Å². The van der Waals surface area contributed by atoms with Crippen molar-refractivity contribution >= 4 is 11.7 Å². The van der Waals surface area contributed by atoms with Gasteiger partial charge in [0.25, 0.3) is 0 Å². The van der Waals surface area contributed by atoms with Crippen LogP contribution in [0.15, 0.2) is 48.7 Å². The fraction of sp³-hybridized carbons (Fsp3) is 0.294. The maximum absolute atomic E-state index is 12.3. The van der Waals surface area contributed by atoms with E-state index in [1.165, 1.54) is 7.11 Å². The van der Waals surface area contributed by atoms with Gasteiger partial charge in [-0.15, -0.1) is 0 Å². The summed E-state index contributed by atoms with van der Waals surface area (Å²) in [5.41, 5.74) is 1.70. The smallest absolute Gasteiger partial charge is 0.319 e. The van der Waals surface area contributed by atoms with E-state index in [0.717, 1.165) is 18.4 Å². The van der Waals surface area contributed by atoms with Gasteiger partial charge in [0, 0.05) is 6.20 Å². The molecular weight excluding hydrogens is 278 g/mol. The molecule has 5 heteroatoms. The molecule has 0 spiro atoms. The van der Waals surface area contributed by atoms with Gasteiger partial charge in [-0.3, -0.25) is 0 Å². The molecular formula is C17H19N3O2. The summed E-state index contributed by atoms with van der Waals surface area (Å²) < 4.78 is 5.14. The molecule has 1 heterocycles. The Balaban J connectivity index is 1.69. The van der Waals surface area contributed by atoms with Crippen molar-refractivity contribution in [2.24, 2.45) is 5.92 Å². The number of rotatable bonds is 5. The van der Waals surface area contributed by atoms with Crippen molar-refractivity contribution in [3.8, 4) is 5.88 Å². The molecule has 22 heavy (non-hydrogen) atoms. The van der Waals surface area contributed by atoms with E-state index >= 15 is 0 Å². The molecule has 0 aliphatic heterocycles. The number of nitrogens with zero attached hydrogens (tertiary/aromatic N) is 1. The number of nitrogens with one attached hydrogen (secondary N) is 2. The summed E-state index contributed by atoms with van der Waals surface area (Å²) in [5, 5.41) is 5.87. The molecule has 2 aromatic rings. The van der Waals surface area contributed by atoms with Gasteiger partial charge in [0.05, 0.1) is 13.2 Å². The van der Waals surface area contributed by atoms with Crippen LogP contribution in [0.4, 0.5) is 10.5 Å². The van der Waals surface area contributed by atoms with E-state index in [4.69, 9.17) is 4.74 Å². The number of benzene rings is 1. The molecule has 0 radical (unpaired) electrons. The minimum atomic E-state index is -0.243. The summed E-state index contributed by atoms with van der Waals surface area (Å²) in [6.07, 6.45) is 3.92. The molecule has 1 aliphatic rings. The van der Waals surface area contributed by atoms with Crippen LogP contribution in [0.5, 0.6) is 5.88 Å². The van der Waals surface area contributed by atoms with Crippen LogP contribution in [0.3, 0.4) is 0 Å². The van der Waals surface area contributed by atoms with Gasteiger partial charge >= 0.3 is 6.03 Å². The molecule has 2 N–H and O–H groups in total. The summed E-state index contributed by atoms with van der Waals surface area (Å²) in [5.74, 6) is 0.921. The summed E-state index contributed by atoms with van der Waals surface area (Å²) in [6, 6.07) is 13.4. The van der Waals surface area contributed by atoms with Crippen LogP contribution in [0.2, 0.25) is 0 Å². The third kappa shape index (κ3) is 3.36. The molecule has 1 atom stereocenters.